The van der Waals surface area contributed by atoms with Crippen LogP contribution in [-0.4, -0.2) is 25.7 Å². The fraction of sp³-hybridized carbons (Fsp3) is 0.235. The lowest BCUT2D eigenvalue weighted by molar-refractivity contribution is -0.115. The van der Waals surface area contributed by atoms with Gasteiger partial charge in [0.25, 0.3) is 0 Å². The summed E-state index contributed by atoms with van der Waals surface area (Å²) in [6, 6.07) is 7.54. The summed E-state index contributed by atoms with van der Waals surface area (Å²) in [5, 5.41) is 2.64. The Morgan fingerprint density at radius 2 is 1.92 bits per heavy atom. The van der Waals surface area contributed by atoms with Gasteiger partial charge < -0.3 is 19.5 Å². The van der Waals surface area contributed by atoms with Gasteiger partial charge in [-0.15, -0.1) is 0 Å². The molecule has 0 aliphatic carbocycles. The van der Waals surface area contributed by atoms with Gasteiger partial charge in [-0.1, -0.05) is 27.5 Å². The number of anilines is 1. The Morgan fingerprint density at radius 1 is 1.23 bits per heavy atom. The van der Waals surface area contributed by atoms with E-state index in [1.807, 2.05) is 0 Å². The zero-order chi connectivity index (χ0) is 18.7. The van der Waals surface area contributed by atoms with Crippen molar-refractivity contribution in [3.63, 3.8) is 0 Å². The van der Waals surface area contributed by atoms with Gasteiger partial charge in [0, 0.05) is 10.2 Å². The van der Waals surface area contributed by atoms with Gasteiger partial charge in [-0.05, 0) is 35.9 Å². The SMILES string of the molecule is O=C(Cc1cc2c(cc1Br)OCCO2)Nc1ccc(OC(F)F)c(Cl)c1. The van der Waals surface area contributed by atoms with Crippen LogP contribution >= 0.6 is 27.5 Å². The molecule has 3 rings (SSSR count). The van der Waals surface area contributed by atoms with Crippen molar-refractivity contribution >= 4 is 39.1 Å². The average Bonchev–Trinajstić information content (AvgIpc) is 2.57. The normalized spacial score (nSPS) is 12.8. The Kier molecular flexibility index (Phi) is 5.83. The summed E-state index contributed by atoms with van der Waals surface area (Å²) < 4.78 is 40.4. The zero-order valence-corrected chi connectivity index (χ0v) is 15.6. The molecule has 0 atom stereocenters. The molecule has 0 aromatic heterocycles. The predicted octanol–water partition coefficient (Wildman–Crippen LogP) is 4.66. The van der Waals surface area contributed by atoms with Crippen molar-refractivity contribution in [1.82, 2.24) is 0 Å². The maximum absolute atomic E-state index is 12.3. The van der Waals surface area contributed by atoms with Crippen molar-refractivity contribution in [2.45, 2.75) is 13.0 Å². The van der Waals surface area contributed by atoms with Gasteiger partial charge in [-0.2, -0.15) is 8.78 Å². The summed E-state index contributed by atoms with van der Waals surface area (Å²) in [7, 11) is 0. The highest BCUT2D eigenvalue weighted by Gasteiger charge is 2.17. The van der Waals surface area contributed by atoms with Crippen molar-refractivity contribution in [3.05, 3.63) is 45.4 Å². The summed E-state index contributed by atoms with van der Waals surface area (Å²) in [6.45, 7) is -2.04. The Hall–Kier alpha value is -2.06. The smallest absolute Gasteiger partial charge is 0.387 e. The van der Waals surface area contributed by atoms with E-state index in [9.17, 15) is 13.6 Å². The zero-order valence-electron chi connectivity index (χ0n) is 13.2. The number of amides is 1. The Bertz CT molecular complexity index is 835. The number of benzene rings is 2. The molecule has 0 bridgehead atoms. The van der Waals surface area contributed by atoms with Crippen molar-refractivity contribution in [3.8, 4) is 17.2 Å². The molecule has 0 saturated heterocycles. The van der Waals surface area contributed by atoms with E-state index in [2.05, 4.69) is 26.0 Å². The molecule has 9 heteroatoms. The molecule has 5 nitrogen and oxygen atoms in total. The standard InChI is InChI=1S/C17H13BrClF2NO4/c18-11-8-15-14(24-3-4-25-15)5-9(11)6-16(23)22-10-1-2-13(12(19)7-10)26-17(20)21/h1-2,5,7-8,17H,3-4,6H2,(H,22,23). The lowest BCUT2D eigenvalue weighted by atomic mass is 10.1. The summed E-state index contributed by atoms with van der Waals surface area (Å²) in [5.74, 6) is 0.739. The Labute approximate surface area is 161 Å². The summed E-state index contributed by atoms with van der Waals surface area (Å²) in [6.07, 6.45) is 0.0735. The lowest BCUT2D eigenvalue weighted by Gasteiger charge is -2.19. The second kappa shape index (κ2) is 8.09. The molecule has 1 heterocycles. The van der Waals surface area contributed by atoms with E-state index in [1.165, 1.54) is 18.2 Å². The minimum atomic E-state index is -2.97. The summed E-state index contributed by atoms with van der Waals surface area (Å²) in [5.41, 5.74) is 1.09. The van der Waals surface area contributed by atoms with Crippen molar-refractivity contribution in [2.75, 3.05) is 18.5 Å². The van der Waals surface area contributed by atoms with Crippen LogP contribution < -0.4 is 19.5 Å². The molecule has 0 radical (unpaired) electrons. The highest BCUT2D eigenvalue weighted by atomic mass is 79.9. The van der Waals surface area contributed by atoms with Gasteiger partial charge in [0.05, 0.1) is 11.4 Å². The molecule has 0 saturated carbocycles. The van der Waals surface area contributed by atoms with Crippen LogP contribution in [0, 0.1) is 0 Å². The van der Waals surface area contributed by atoms with Crippen LogP contribution in [0.2, 0.25) is 5.02 Å². The van der Waals surface area contributed by atoms with Crippen LogP contribution in [0.3, 0.4) is 0 Å². The minimum Gasteiger partial charge on any atom is -0.486 e. The third-order valence-corrected chi connectivity index (χ3v) is 4.53. The summed E-state index contributed by atoms with van der Waals surface area (Å²) >= 11 is 9.28. The van der Waals surface area contributed by atoms with E-state index < -0.39 is 6.61 Å². The van der Waals surface area contributed by atoms with Crippen molar-refractivity contribution in [2.24, 2.45) is 0 Å². The molecule has 138 valence electrons. The molecule has 1 N–H and O–H groups in total. The van der Waals surface area contributed by atoms with Gasteiger partial charge >= 0.3 is 6.61 Å². The average molecular weight is 449 g/mol. The number of carbonyl (C=O) groups is 1. The van der Waals surface area contributed by atoms with E-state index in [4.69, 9.17) is 21.1 Å². The molecule has 1 amide bonds. The van der Waals surface area contributed by atoms with Crippen molar-refractivity contribution < 1.29 is 27.8 Å². The number of ether oxygens (including phenoxy) is 3. The molecule has 0 fully saturated rings. The quantitative estimate of drug-likeness (QED) is 0.723. The third kappa shape index (κ3) is 4.56. The number of rotatable bonds is 5. The van der Waals surface area contributed by atoms with Gasteiger partial charge in [0.15, 0.2) is 11.5 Å². The topological polar surface area (TPSA) is 56.8 Å². The predicted molar refractivity (Wildman–Crippen MR) is 95.5 cm³/mol. The number of nitrogens with one attached hydrogen (secondary N) is 1. The van der Waals surface area contributed by atoms with E-state index >= 15 is 0 Å². The molecule has 1 aliphatic rings. The van der Waals surface area contributed by atoms with Crippen LogP contribution in [0.4, 0.5) is 14.5 Å². The first-order chi connectivity index (χ1) is 12.4. The molecular weight excluding hydrogens is 436 g/mol. The van der Waals surface area contributed by atoms with Crippen LogP contribution in [0.25, 0.3) is 0 Å². The minimum absolute atomic E-state index is 0.0244. The molecule has 26 heavy (non-hydrogen) atoms. The summed E-state index contributed by atoms with van der Waals surface area (Å²) in [4.78, 5) is 12.3. The molecule has 2 aromatic carbocycles. The number of carbonyl (C=O) groups excluding carboxylic acids is 1. The fourth-order valence-corrected chi connectivity index (χ4v) is 3.08. The molecule has 0 unspecified atom stereocenters. The molecule has 0 spiro atoms. The number of hydrogen-bond donors (Lipinski definition) is 1. The fourth-order valence-electron chi connectivity index (χ4n) is 2.39. The second-order valence-corrected chi connectivity index (χ2v) is 6.60. The number of alkyl halides is 2. The van der Waals surface area contributed by atoms with Crippen LogP contribution in [0.15, 0.2) is 34.8 Å². The maximum Gasteiger partial charge on any atom is 0.387 e. The van der Waals surface area contributed by atoms with E-state index in [-0.39, 0.29) is 23.1 Å². The number of hydrogen-bond acceptors (Lipinski definition) is 4. The largest absolute Gasteiger partial charge is 0.486 e. The van der Waals surface area contributed by atoms with E-state index in [0.717, 1.165) is 10.0 Å². The van der Waals surface area contributed by atoms with Gasteiger partial charge in [0.1, 0.15) is 19.0 Å². The van der Waals surface area contributed by atoms with Crippen LogP contribution in [-0.2, 0) is 11.2 Å². The van der Waals surface area contributed by atoms with Crippen LogP contribution in [0.5, 0.6) is 17.2 Å². The Morgan fingerprint density at radius 3 is 2.58 bits per heavy atom. The number of fused-ring (bicyclic) bond motifs is 1. The van der Waals surface area contributed by atoms with Crippen LogP contribution in [0.1, 0.15) is 5.56 Å². The molecule has 2 aromatic rings. The van der Waals surface area contributed by atoms with E-state index in [1.54, 1.807) is 12.1 Å². The first kappa shape index (κ1) is 18.7. The monoisotopic (exact) mass is 447 g/mol. The second-order valence-electron chi connectivity index (χ2n) is 5.34. The number of halogens is 4. The van der Waals surface area contributed by atoms with Crippen molar-refractivity contribution in [1.29, 1.82) is 0 Å². The van der Waals surface area contributed by atoms with Gasteiger partial charge in [-0.3, -0.25) is 4.79 Å². The first-order valence-corrected chi connectivity index (χ1v) is 8.71. The van der Waals surface area contributed by atoms with E-state index in [0.29, 0.717) is 30.4 Å². The third-order valence-electron chi connectivity index (χ3n) is 3.49. The lowest BCUT2D eigenvalue weighted by Crippen LogP contribution is -2.17. The van der Waals surface area contributed by atoms with Gasteiger partial charge in [-0.25, -0.2) is 0 Å². The Balaban J connectivity index is 1.68. The first-order valence-electron chi connectivity index (χ1n) is 7.54. The van der Waals surface area contributed by atoms with Gasteiger partial charge in [0.2, 0.25) is 5.91 Å². The maximum atomic E-state index is 12.3. The highest BCUT2D eigenvalue weighted by molar-refractivity contribution is 9.10. The molecule has 1 aliphatic heterocycles. The molecular formula is C17H13BrClF2NO4. The highest BCUT2D eigenvalue weighted by Crippen LogP contribution is 2.36.